The van der Waals surface area contributed by atoms with Crippen LogP contribution in [-0.4, -0.2) is 57.8 Å². The number of guanidine groups is 1. The average Bonchev–Trinajstić information content (AvgIpc) is 2.64. The zero-order chi connectivity index (χ0) is 18.5. The molecule has 0 amide bonds. The molecule has 0 radical (unpaired) electrons. The summed E-state index contributed by atoms with van der Waals surface area (Å²) in [5.74, 6) is 2.00. The third-order valence-corrected chi connectivity index (χ3v) is 4.23. The number of nitrogens with one attached hydrogen (secondary N) is 1. The van der Waals surface area contributed by atoms with Crippen molar-refractivity contribution in [3.8, 4) is 11.5 Å². The summed E-state index contributed by atoms with van der Waals surface area (Å²) in [6.45, 7) is 9.26. The number of hydrogen-bond acceptors (Lipinski definition) is 4. The summed E-state index contributed by atoms with van der Waals surface area (Å²) in [6, 6.07) is 5.94. The van der Waals surface area contributed by atoms with Gasteiger partial charge in [-0.05, 0) is 56.6 Å². The van der Waals surface area contributed by atoms with E-state index in [0.29, 0.717) is 5.96 Å². The number of hydrogen-bond donors (Lipinski definition) is 2. The van der Waals surface area contributed by atoms with Gasteiger partial charge in [0, 0.05) is 13.1 Å². The van der Waals surface area contributed by atoms with Crippen molar-refractivity contribution in [3.05, 3.63) is 23.8 Å². The summed E-state index contributed by atoms with van der Waals surface area (Å²) < 4.78 is 10.6. The molecule has 1 aromatic carbocycles. The van der Waals surface area contributed by atoms with Gasteiger partial charge in [-0.2, -0.15) is 0 Å². The van der Waals surface area contributed by atoms with Gasteiger partial charge in [0.25, 0.3) is 0 Å². The van der Waals surface area contributed by atoms with Crippen LogP contribution in [0.15, 0.2) is 23.2 Å². The molecular weight excluding hydrogens is 316 g/mol. The topological polar surface area (TPSA) is 72.1 Å². The molecule has 0 atom stereocenters. The normalized spacial score (nSPS) is 11.6. The van der Waals surface area contributed by atoms with E-state index in [9.17, 15) is 0 Å². The summed E-state index contributed by atoms with van der Waals surface area (Å²) in [4.78, 5) is 6.81. The number of unbranched alkanes of at least 4 members (excludes halogenated alkanes) is 1. The van der Waals surface area contributed by atoms with Crippen molar-refractivity contribution in [2.24, 2.45) is 10.7 Å². The van der Waals surface area contributed by atoms with E-state index in [2.05, 4.69) is 29.1 Å². The Balaban J connectivity index is 2.26. The van der Waals surface area contributed by atoms with E-state index in [4.69, 9.17) is 15.2 Å². The van der Waals surface area contributed by atoms with Gasteiger partial charge in [0.2, 0.25) is 0 Å². The molecule has 0 heterocycles. The number of methoxy groups -OCH3 is 2. The monoisotopic (exact) mass is 350 g/mol. The Kier molecular flexibility index (Phi) is 10.5. The standard InChI is InChI=1S/C19H34N4O2/c1-5-23(6-2)14-8-7-12-21-19(20)22-13-11-16-9-10-17(24-3)18(15-16)25-4/h9-10,15H,5-8,11-14H2,1-4H3,(H3,20,21,22). The molecular formula is C19H34N4O2. The lowest BCUT2D eigenvalue weighted by atomic mass is 10.1. The molecule has 0 saturated heterocycles. The van der Waals surface area contributed by atoms with Crippen LogP contribution in [0.5, 0.6) is 11.5 Å². The maximum Gasteiger partial charge on any atom is 0.188 e. The molecule has 142 valence electrons. The van der Waals surface area contributed by atoms with Crippen LogP contribution in [0.2, 0.25) is 0 Å². The van der Waals surface area contributed by atoms with Crippen molar-refractivity contribution < 1.29 is 9.47 Å². The molecule has 0 aliphatic carbocycles. The Morgan fingerprint density at radius 1 is 1.12 bits per heavy atom. The first-order valence-corrected chi connectivity index (χ1v) is 9.11. The Labute approximate surface area is 152 Å². The summed E-state index contributed by atoms with van der Waals surface area (Å²) >= 11 is 0. The summed E-state index contributed by atoms with van der Waals surface area (Å²) in [6.07, 6.45) is 3.07. The van der Waals surface area contributed by atoms with Crippen LogP contribution >= 0.6 is 0 Å². The number of rotatable bonds is 12. The lowest BCUT2D eigenvalue weighted by molar-refractivity contribution is 0.297. The summed E-state index contributed by atoms with van der Waals surface area (Å²) in [5, 5.41) is 3.16. The summed E-state index contributed by atoms with van der Waals surface area (Å²) in [5.41, 5.74) is 7.08. The van der Waals surface area contributed by atoms with Crippen LogP contribution in [0.4, 0.5) is 0 Å². The highest BCUT2D eigenvalue weighted by Gasteiger charge is 2.04. The van der Waals surface area contributed by atoms with E-state index in [1.807, 2.05) is 18.2 Å². The van der Waals surface area contributed by atoms with E-state index >= 15 is 0 Å². The van der Waals surface area contributed by atoms with Gasteiger partial charge in [-0.15, -0.1) is 0 Å². The molecule has 1 rings (SSSR count). The van der Waals surface area contributed by atoms with Crippen LogP contribution < -0.4 is 20.5 Å². The van der Waals surface area contributed by atoms with Crippen molar-refractivity contribution >= 4 is 5.96 Å². The third-order valence-electron chi connectivity index (χ3n) is 4.23. The Morgan fingerprint density at radius 2 is 1.84 bits per heavy atom. The van der Waals surface area contributed by atoms with E-state index in [-0.39, 0.29) is 0 Å². The third kappa shape index (κ3) is 8.12. The van der Waals surface area contributed by atoms with Crippen molar-refractivity contribution in [2.75, 3.05) is 46.9 Å². The Bertz CT molecular complexity index is 516. The van der Waals surface area contributed by atoms with E-state index in [0.717, 1.165) is 69.0 Å². The van der Waals surface area contributed by atoms with Crippen LogP contribution in [0.1, 0.15) is 32.3 Å². The maximum absolute atomic E-state index is 5.92. The minimum absolute atomic E-state index is 0.517. The number of nitrogens with zero attached hydrogens (tertiary/aromatic N) is 2. The average molecular weight is 351 g/mol. The lowest BCUT2D eigenvalue weighted by Crippen LogP contribution is -2.33. The lowest BCUT2D eigenvalue weighted by Gasteiger charge is -2.17. The number of ether oxygens (including phenoxy) is 2. The molecule has 0 aliphatic heterocycles. The smallest absolute Gasteiger partial charge is 0.188 e. The maximum atomic E-state index is 5.92. The minimum Gasteiger partial charge on any atom is -0.493 e. The van der Waals surface area contributed by atoms with Crippen LogP contribution in [-0.2, 0) is 6.42 Å². The molecule has 0 fully saturated rings. The SMILES string of the molecule is CCN(CC)CCCCN=C(N)NCCc1ccc(OC)c(OC)c1. The molecule has 0 spiro atoms. The quantitative estimate of drug-likeness (QED) is 0.344. The highest BCUT2D eigenvalue weighted by molar-refractivity contribution is 5.77. The molecule has 0 bridgehead atoms. The largest absolute Gasteiger partial charge is 0.493 e. The molecule has 0 aromatic heterocycles. The van der Waals surface area contributed by atoms with Crippen molar-refractivity contribution in [2.45, 2.75) is 33.1 Å². The van der Waals surface area contributed by atoms with Crippen molar-refractivity contribution in [1.29, 1.82) is 0 Å². The van der Waals surface area contributed by atoms with Gasteiger partial charge in [-0.25, -0.2) is 0 Å². The number of aliphatic imine (C=N–C) groups is 1. The zero-order valence-corrected chi connectivity index (χ0v) is 16.2. The fourth-order valence-corrected chi connectivity index (χ4v) is 2.61. The van der Waals surface area contributed by atoms with Gasteiger partial charge < -0.3 is 25.4 Å². The van der Waals surface area contributed by atoms with Crippen molar-refractivity contribution in [3.63, 3.8) is 0 Å². The molecule has 0 aliphatic rings. The predicted molar refractivity (Wildman–Crippen MR) is 105 cm³/mol. The Hall–Kier alpha value is -1.95. The number of nitrogens with two attached hydrogens (primary N) is 1. The number of benzene rings is 1. The van der Waals surface area contributed by atoms with Crippen LogP contribution in [0, 0.1) is 0 Å². The van der Waals surface area contributed by atoms with Gasteiger partial charge in [-0.1, -0.05) is 19.9 Å². The molecule has 6 nitrogen and oxygen atoms in total. The first kappa shape index (κ1) is 21.1. The second kappa shape index (κ2) is 12.4. The van der Waals surface area contributed by atoms with E-state index in [1.54, 1.807) is 14.2 Å². The second-order valence-corrected chi connectivity index (χ2v) is 5.87. The highest BCUT2D eigenvalue weighted by atomic mass is 16.5. The molecule has 0 unspecified atom stereocenters. The van der Waals surface area contributed by atoms with Gasteiger partial charge >= 0.3 is 0 Å². The van der Waals surface area contributed by atoms with Gasteiger partial charge in [0.15, 0.2) is 17.5 Å². The molecule has 3 N–H and O–H groups in total. The highest BCUT2D eigenvalue weighted by Crippen LogP contribution is 2.27. The van der Waals surface area contributed by atoms with Crippen LogP contribution in [0.3, 0.4) is 0 Å². The Morgan fingerprint density at radius 3 is 2.48 bits per heavy atom. The molecule has 25 heavy (non-hydrogen) atoms. The van der Waals surface area contributed by atoms with Gasteiger partial charge in [-0.3, -0.25) is 4.99 Å². The minimum atomic E-state index is 0.517. The van der Waals surface area contributed by atoms with Gasteiger partial charge in [0.1, 0.15) is 0 Å². The second-order valence-electron chi connectivity index (χ2n) is 5.87. The van der Waals surface area contributed by atoms with Crippen molar-refractivity contribution in [1.82, 2.24) is 10.2 Å². The first-order chi connectivity index (χ1) is 12.1. The first-order valence-electron chi connectivity index (χ1n) is 9.11. The summed E-state index contributed by atoms with van der Waals surface area (Å²) in [7, 11) is 3.28. The molecule has 1 aromatic rings. The fraction of sp³-hybridized carbons (Fsp3) is 0.632. The molecule has 0 saturated carbocycles. The van der Waals surface area contributed by atoms with Crippen LogP contribution in [0.25, 0.3) is 0 Å². The predicted octanol–water partition coefficient (Wildman–Crippen LogP) is 2.27. The molecule has 6 heteroatoms. The van der Waals surface area contributed by atoms with E-state index < -0.39 is 0 Å². The fourth-order valence-electron chi connectivity index (χ4n) is 2.61. The van der Waals surface area contributed by atoms with E-state index in [1.165, 1.54) is 0 Å². The zero-order valence-electron chi connectivity index (χ0n) is 16.2. The van der Waals surface area contributed by atoms with Gasteiger partial charge in [0.05, 0.1) is 14.2 Å².